The lowest BCUT2D eigenvalue weighted by Crippen LogP contribution is -2.22. The Morgan fingerprint density at radius 2 is 1.89 bits per heavy atom. The molecular weight excluding hydrogens is 495 g/mol. The van der Waals surface area contributed by atoms with Gasteiger partial charge in [-0.1, -0.05) is 59.6 Å². The average Bonchev–Trinajstić information content (AvgIpc) is 3.36. The quantitative estimate of drug-likeness (QED) is 0.381. The molecule has 4 aromatic rings. The Balaban J connectivity index is 1.42. The van der Waals surface area contributed by atoms with Crippen LogP contribution in [-0.2, 0) is 6.54 Å². The van der Waals surface area contributed by atoms with Crippen molar-refractivity contribution in [3.63, 3.8) is 0 Å². The Morgan fingerprint density at radius 3 is 2.67 bits per heavy atom. The zero-order valence-corrected chi connectivity index (χ0v) is 21.3. The monoisotopic (exact) mass is 518 g/mol. The summed E-state index contributed by atoms with van der Waals surface area (Å²) in [5.74, 6) is 0.730. The van der Waals surface area contributed by atoms with Crippen molar-refractivity contribution in [2.75, 3.05) is 26.4 Å². The first-order valence-electron chi connectivity index (χ1n) is 11.3. The molecule has 0 spiro atoms. The number of anilines is 1. The molecule has 1 aliphatic heterocycles. The highest BCUT2D eigenvalue weighted by atomic mass is 35.5. The first kappa shape index (κ1) is 23.8. The molecule has 0 fully saturated rings. The van der Waals surface area contributed by atoms with Gasteiger partial charge < -0.3 is 15.5 Å². The third-order valence-corrected chi connectivity index (χ3v) is 6.78. The number of benzene rings is 2. The largest absolute Gasteiger partial charge is 0.383 e. The summed E-state index contributed by atoms with van der Waals surface area (Å²) in [7, 11) is 4.17. The second-order valence-electron chi connectivity index (χ2n) is 8.59. The van der Waals surface area contributed by atoms with E-state index in [4.69, 9.17) is 28.9 Å². The van der Waals surface area contributed by atoms with Crippen LogP contribution in [0.5, 0.6) is 0 Å². The Bertz CT molecular complexity index is 1460. The zero-order valence-electron chi connectivity index (χ0n) is 19.8. The van der Waals surface area contributed by atoms with Gasteiger partial charge in [0, 0.05) is 45.1 Å². The van der Waals surface area contributed by atoms with Gasteiger partial charge in [-0.3, -0.25) is 0 Å². The average molecular weight is 519 g/mol. The van der Waals surface area contributed by atoms with Crippen LogP contribution in [0.25, 0.3) is 28.2 Å². The molecule has 8 nitrogen and oxygen atoms in total. The summed E-state index contributed by atoms with van der Waals surface area (Å²) in [5, 5.41) is 12.9. The van der Waals surface area contributed by atoms with E-state index in [0.717, 1.165) is 24.2 Å². The summed E-state index contributed by atoms with van der Waals surface area (Å²) >= 11 is 12.6. The number of rotatable bonds is 6. The highest BCUT2D eigenvalue weighted by Gasteiger charge is 2.18. The first-order chi connectivity index (χ1) is 17.4. The predicted molar refractivity (Wildman–Crippen MR) is 144 cm³/mol. The molecular formula is C26H24Cl2N8. The van der Waals surface area contributed by atoms with Gasteiger partial charge in [-0.15, -0.1) is 5.10 Å². The van der Waals surface area contributed by atoms with Crippen LogP contribution in [0.1, 0.15) is 5.56 Å². The third kappa shape index (κ3) is 4.78. The van der Waals surface area contributed by atoms with Gasteiger partial charge in [0.25, 0.3) is 0 Å². The molecule has 0 radical (unpaired) electrons. The van der Waals surface area contributed by atoms with Crippen molar-refractivity contribution in [1.29, 1.82) is 0 Å². The van der Waals surface area contributed by atoms with Crippen LogP contribution in [0.2, 0.25) is 10.0 Å². The van der Waals surface area contributed by atoms with Gasteiger partial charge in [-0.05, 0) is 45.8 Å². The molecule has 2 aromatic carbocycles. The Labute approximate surface area is 219 Å². The fourth-order valence-electron chi connectivity index (χ4n) is 4.04. The lowest BCUT2D eigenvalue weighted by atomic mass is 10.0. The van der Waals surface area contributed by atoms with Gasteiger partial charge in [0.15, 0.2) is 5.82 Å². The van der Waals surface area contributed by atoms with Crippen LogP contribution in [0.4, 0.5) is 5.82 Å². The molecule has 5 rings (SSSR count). The minimum atomic E-state index is 0.310. The van der Waals surface area contributed by atoms with Gasteiger partial charge in [-0.25, -0.2) is 4.98 Å². The second-order valence-corrected chi connectivity index (χ2v) is 9.38. The van der Waals surface area contributed by atoms with E-state index < -0.39 is 0 Å². The number of pyridine rings is 1. The van der Waals surface area contributed by atoms with E-state index in [9.17, 15) is 0 Å². The zero-order chi connectivity index (χ0) is 25.2. The van der Waals surface area contributed by atoms with Crippen molar-refractivity contribution in [1.82, 2.24) is 35.0 Å². The summed E-state index contributed by atoms with van der Waals surface area (Å²) < 4.78 is 1.51. The molecule has 0 amide bonds. The SMILES string of the molecule is CN1C=C(N(C)Cc2ccc(-c3cnc(N)c(-c4nnnn4-c4cccc(Cl)c4Cl)c3)cc2)C=CC1. The normalized spacial score (nSPS) is 13.1. The van der Waals surface area contributed by atoms with E-state index in [0.29, 0.717) is 32.9 Å². The van der Waals surface area contributed by atoms with Gasteiger partial charge in [-0.2, -0.15) is 4.68 Å². The van der Waals surface area contributed by atoms with Gasteiger partial charge >= 0.3 is 0 Å². The molecule has 2 N–H and O–H groups in total. The Hall–Kier alpha value is -3.88. The summed E-state index contributed by atoms with van der Waals surface area (Å²) in [6.07, 6.45) is 8.21. The smallest absolute Gasteiger partial charge is 0.190 e. The standard InChI is InChI=1S/C26H24Cl2N8/c1-34-12-4-5-20(16-34)35(2)15-17-8-10-18(11-9-17)19-13-21(25(29)30-14-19)26-31-32-33-36(26)23-7-3-6-22(27)24(23)28/h3-11,13-14,16H,12,15H2,1-2H3,(H2,29,30). The Morgan fingerprint density at radius 1 is 1.08 bits per heavy atom. The van der Waals surface area contributed by atoms with Crippen LogP contribution < -0.4 is 5.73 Å². The van der Waals surface area contributed by atoms with Gasteiger partial charge in [0.05, 0.1) is 27.0 Å². The van der Waals surface area contributed by atoms with Crippen molar-refractivity contribution >= 4 is 29.0 Å². The number of likely N-dealkylation sites (N-methyl/N-ethyl adjacent to an activating group) is 2. The number of aromatic nitrogens is 5. The second kappa shape index (κ2) is 10.0. The van der Waals surface area contributed by atoms with E-state index >= 15 is 0 Å². The van der Waals surface area contributed by atoms with Crippen molar-refractivity contribution in [3.8, 4) is 28.2 Å². The number of hydrogen-bond donors (Lipinski definition) is 1. The highest BCUT2D eigenvalue weighted by Crippen LogP contribution is 2.33. The van der Waals surface area contributed by atoms with Crippen LogP contribution in [0.15, 0.2) is 78.8 Å². The molecule has 0 saturated heterocycles. The van der Waals surface area contributed by atoms with Crippen molar-refractivity contribution in [3.05, 3.63) is 94.4 Å². The number of allylic oxidation sites excluding steroid dienone is 1. The number of nitrogens with two attached hydrogens (primary N) is 1. The molecule has 182 valence electrons. The molecule has 3 heterocycles. The minimum Gasteiger partial charge on any atom is -0.383 e. The summed E-state index contributed by atoms with van der Waals surface area (Å²) in [5.41, 5.74) is 11.7. The highest BCUT2D eigenvalue weighted by molar-refractivity contribution is 6.43. The van der Waals surface area contributed by atoms with Crippen LogP contribution in [0, 0.1) is 0 Å². The first-order valence-corrected chi connectivity index (χ1v) is 12.0. The van der Waals surface area contributed by atoms with E-state index in [1.165, 1.54) is 15.9 Å². The molecule has 36 heavy (non-hydrogen) atoms. The summed E-state index contributed by atoms with van der Waals surface area (Å²) in [4.78, 5) is 8.80. The van der Waals surface area contributed by atoms with Gasteiger partial charge in [0.1, 0.15) is 5.82 Å². The van der Waals surface area contributed by atoms with Crippen molar-refractivity contribution < 1.29 is 0 Å². The number of nitrogens with zero attached hydrogens (tertiary/aromatic N) is 7. The molecule has 0 aliphatic carbocycles. The summed E-state index contributed by atoms with van der Waals surface area (Å²) in [6.45, 7) is 1.73. The Kier molecular flexibility index (Phi) is 6.63. The van der Waals surface area contributed by atoms with Crippen molar-refractivity contribution in [2.24, 2.45) is 0 Å². The third-order valence-electron chi connectivity index (χ3n) is 5.97. The molecule has 0 saturated carbocycles. The predicted octanol–water partition coefficient (Wildman–Crippen LogP) is 5.06. The van der Waals surface area contributed by atoms with E-state index in [-0.39, 0.29) is 0 Å². The summed E-state index contributed by atoms with van der Waals surface area (Å²) in [6, 6.07) is 15.6. The van der Waals surface area contributed by atoms with E-state index in [1.54, 1.807) is 24.4 Å². The van der Waals surface area contributed by atoms with Crippen LogP contribution >= 0.6 is 23.2 Å². The minimum absolute atomic E-state index is 0.310. The van der Waals surface area contributed by atoms with Crippen molar-refractivity contribution in [2.45, 2.75) is 6.54 Å². The van der Waals surface area contributed by atoms with E-state index in [2.05, 4.69) is 87.0 Å². The molecule has 0 bridgehead atoms. The lowest BCUT2D eigenvalue weighted by Gasteiger charge is -2.26. The topological polar surface area (TPSA) is 89.0 Å². The maximum Gasteiger partial charge on any atom is 0.190 e. The molecule has 2 aromatic heterocycles. The number of hydrogen-bond acceptors (Lipinski definition) is 7. The number of nitrogen functional groups attached to an aromatic ring is 1. The van der Waals surface area contributed by atoms with Crippen LogP contribution in [-0.4, -0.2) is 55.6 Å². The number of halogens is 2. The lowest BCUT2D eigenvalue weighted by molar-refractivity contribution is 0.394. The van der Waals surface area contributed by atoms with E-state index in [1.807, 2.05) is 6.07 Å². The fourth-order valence-corrected chi connectivity index (χ4v) is 4.42. The maximum absolute atomic E-state index is 6.41. The molecule has 0 atom stereocenters. The number of tetrazole rings is 1. The molecule has 0 unspecified atom stereocenters. The molecule has 1 aliphatic rings. The maximum atomic E-state index is 6.41. The molecule has 10 heteroatoms. The van der Waals surface area contributed by atoms with Gasteiger partial charge in [0.2, 0.25) is 0 Å². The van der Waals surface area contributed by atoms with Crippen LogP contribution in [0.3, 0.4) is 0 Å². The fraction of sp³-hybridized carbons (Fsp3) is 0.154.